The van der Waals surface area contributed by atoms with Gasteiger partial charge in [-0.15, -0.1) is 0 Å². The molecule has 3 heterocycles. The second-order valence-corrected chi connectivity index (χ2v) is 13.5. The summed E-state index contributed by atoms with van der Waals surface area (Å²) in [7, 11) is 0. The highest BCUT2D eigenvalue weighted by Gasteiger charge is 2.72. The molecule has 1 saturated carbocycles. The van der Waals surface area contributed by atoms with Gasteiger partial charge in [0.1, 0.15) is 11.6 Å². The molecular weight excluding hydrogens is 575 g/mol. The molecule has 1 spiro atoms. The minimum Gasteiger partial charge on any atom is -0.359 e. The van der Waals surface area contributed by atoms with Crippen LogP contribution in [0.5, 0.6) is 0 Å². The molecule has 10 heteroatoms. The molecule has 8 nitrogen and oxygen atoms in total. The van der Waals surface area contributed by atoms with Crippen molar-refractivity contribution in [2.75, 3.05) is 31.5 Å². The Kier molecular flexibility index (Phi) is 9.57. The van der Waals surface area contributed by atoms with Crippen LogP contribution in [0.4, 0.5) is 5.69 Å². The molecule has 0 aromatic heterocycles. The fourth-order valence-electron chi connectivity index (χ4n) is 7.62. The minimum absolute atomic E-state index is 0.0413. The normalized spacial score (nSPS) is 33.4. The smallest absolute Gasteiger partial charge is 0.246 e. The topological polar surface area (TPSA) is 91.0 Å². The predicted octanol–water partition coefficient (Wildman–Crippen LogP) is 5.15. The van der Waals surface area contributed by atoms with Crippen molar-refractivity contribution in [3.8, 4) is 0 Å². The van der Waals surface area contributed by atoms with Gasteiger partial charge in [0.15, 0.2) is 0 Å². The zero-order valence-electron chi connectivity index (χ0n) is 25.1. The molecule has 2 bridgehead atoms. The van der Waals surface area contributed by atoms with Crippen molar-refractivity contribution in [1.82, 2.24) is 15.1 Å². The summed E-state index contributed by atoms with van der Waals surface area (Å²) in [6.45, 7) is 11.6. The van der Waals surface area contributed by atoms with Crippen LogP contribution in [0.2, 0.25) is 10.0 Å². The zero-order valence-corrected chi connectivity index (χ0v) is 26.6. The quantitative estimate of drug-likeness (QED) is 0.335. The molecule has 1 aromatic rings. The van der Waals surface area contributed by atoms with Crippen LogP contribution in [-0.2, 0) is 19.1 Å². The molecule has 42 heavy (non-hydrogen) atoms. The Morgan fingerprint density at radius 2 is 1.74 bits per heavy atom. The van der Waals surface area contributed by atoms with E-state index in [1.54, 1.807) is 23.1 Å². The molecular formula is C32H44Cl2N4O4. The van der Waals surface area contributed by atoms with Gasteiger partial charge in [-0.05, 0) is 62.4 Å². The average Bonchev–Trinajstić information content (AvgIpc) is 3.57. The zero-order chi connectivity index (χ0) is 30.2. The number of benzene rings is 1. The summed E-state index contributed by atoms with van der Waals surface area (Å²) in [6.07, 6.45) is 8.26. The van der Waals surface area contributed by atoms with Crippen LogP contribution in [0.15, 0.2) is 30.4 Å². The number of likely N-dealkylation sites (tertiary alicyclic amines) is 1. The maximum Gasteiger partial charge on any atom is 0.246 e. The standard InChI is InChI=1S/C32H44Cl2N4O4/c1-5-12-37(13-6-2)14-15-38-28(30(40)36-24-9-7-8-19(3)20(24)4)32-11-10-25(42-32)26(27(32)31(38)41)29(39)35-23-17-21(33)16-22(34)18-23/h10-11,16-20,24-28H,5-9,12-15H2,1-4H3,(H,35,39)(H,36,40)/t19-,20-,24-,25+,26-,27+,28+,32+/m1/s1. The van der Waals surface area contributed by atoms with E-state index in [-0.39, 0.29) is 23.8 Å². The van der Waals surface area contributed by atoms with Crippen LogP contribution in [0, 0.1) is 23.7 Å². The van der Waals surface area contributed by atoms with Gasteiger partial charge in [-0.3, -0.25) is 14.4 Å². The van der Waals surface area contributed by atoms with E-state index in [0.29, 0.717) is 40.7 Å². The Morgan fingerprint density at radius 1 is 1.05 bits per heavy atom. The molecule has 0 radical (unpaired) electrons. The Morgan fingerprint density at radius 3 is 2.40 bits per heavy atom. The predicted molar refractivity (Wildman–Crippen MR) is 165 cm³/mol. The SMILES string of the molecule is CCCN(CCC)CCN1C(=O)[C@@H]2[C@H](C(=O)Nc3cc(Cl)cc(Cl)c3)[C@@H]3C=C[C@@]2(O3)[C@@H]1C(=O)N[C@@H]1CCC[C@@H](C)[C@H]1C. The van der Waals surface area contributed by atoms with Crippen LogP contribution in [0.25, 0.3) is 0 Å². The number of nitrogens with one attached hydrogen (secondary N) is 2. The number of ether oxygens (including phenoxy) is 1. The van der Waals surface area contributed by atoms with Crippen LogP contribution in [0.3, 0.4) is 0 Å². The van der Waals surface area contributed by atoms with Crippen molar-refractivity contribution in [2.24, 2.45) is 23.7 Å². The number of amides is 3. The lowest BCUT2D eigenvalue weighted by atomic mass is 9.73. The second-order valence-electron chi connectivity index (χ2n) is 12.6. The molecule has 2 N–H and O–H groups in total. The van der Waals surface area contributed by atoms with Gasteiger partial charge in [-0.2, -0.15) is 0 Å². The van der Waals surface area contributed by atoms with Gasteiger partial charge in [0.2, 0.25) is 17.7 Å². The van der Waals surface area contributed by atoms with Crippen LogP contribution >= 0.6 is 23.2 Å². The lowest BCUT2D eigenvalue weighted by Gasteiger charge is -2.38. The fraction of sp³-hybridized carbons (Fsp3) is 0.656. The summed E-state index contributed by atoms with van der Waals surface area (Å²) in [5.74, 6) is -1.48. The Bertz CT molecular complexity index is 1200. The summed E-state index contributed by atoms with van der Waals surface area (Å²) in [4.78, 5) is 46.3. The molecule has 8 atom stereocenters. The summed E-state index contributed by atoms with van der Waals surface area (Å²) in [5, 5.41) is 7.02. The lowest BCUT2D eigenvalue weighted by Crippen LogP contribution is -2.58. The Hall–Kier alpha value is -2.13. The molecule has 2 saturated heterocycles. The first kappa shape index (κ1) is 31.3. The summed E-state index contributed by atoms with van der Waals surface area (Å²) in [6, 6.07) is 4.02. The molecule has 1 aliphatic carbocycles. The van der Waals surface area contributed by atoms with Crippen molar-refractivity contribution in [3.05, 3.63) is 40.4 Å². The second kappa shape index (κ2) is 12.8. The monoisotopic (exact) mass is 618 g/mol. The maximum absolute atomic E-state index is 14.3. The summed E-state index contributed by atoms with van der Waals surface area (Å²) in [5.41, 5.74) is -0.742. The molecule has 230 valence electrons. The first-order valence-electron chi connectivity index (χ1n) is 15.6. The Labute approximate surface area is 259 Å². The highest BCUT2D eigenvalue weighted by atomic mass is 35.5. The van der Waals surface area contributed by atoms with Gasteiger partial charge in [0.05, 0.1) is 17.9 Å². The third kappa shape index (κ3) is 5.84. The third-order valence-corrected chi connectivity index (χ3v) is 10.3. The molecule has 5 rings (SSSR count). The number of hydrogen-bond donors (Lipinski definition) is 2. The first-order chi connectivity index (χ1) is 20.1. The van der Waals surface area contributed by atoms with Crippen molar-refractivity contribution < 1.29 is 19.1 Å². The number of halogens is 2. The van der Waals surface area contributed by atoms with E-state index in [9.17, 15) is 14.4 Å². The van der Waals surface area contributed by atoms with Crippen molar-refractivity contribution in [3.63, 3.8) is 0 Å². The van der Waals surface area contributed by atoms with Gasteiger partial charge in [0, 0.05) is 34.9 Å². The average molecular weight is 620 g/mol. The van der Waals surface area contributed by atoms with Crippen LogP contribution < -0.4 is 10.6 Å². The number of carbonyl (C=O) groups excluding carboxylic acids is 3. The highest BCUT2D eigenvalue weighted by molar-refractivity contribution is 6.35. The number of rotatable bonds is 11. The van der Waals surface area contributed by atoms with Gasteiger partial charge in [-0.1, -0.05) is 75.9 Å². The first-order valence-corrected chi connectivity index (χ1v) is 16.3. The highest BCUT2D eigenvalue weighted by Crippen LogP contribution is 2.55. The van der Waals surface area contributed by atoms with E-state index >= 15 is 0 Å². The molecule has 1 aromatic carbocycles. The van der Waals surface area contributed by atoms with Crippen molar-refractivity contribution in [2.45, 2.75) is 83.6 Å². The summed E-state index contributed by atoms with van der Waals surface area (Å²) >= 11 is 12.3. The fourth-order valence-corrected chi connectivity index (χ4v) is 8.15. The van der Waals surface area contributed by atoms with E-state index in [1.807, 2.05) is 12.2 Å². The van der Waals surface area contributed by atoms with Gasteiger partial charge in [0.25, 0.3) is 0 Å². The number of carbonyl (C=O) groups is 3. The van der Waals surface area contributed by atoms with Gasteiger partial charge < -0.3 is 25.2 Å². The molecule has 3 amide bonds. The lowest BCUT2D eigenvalue weighted by molar-refractivity contribution is -0.141. The van der Waals surface area contributed by atoms with E-state index in [1.165, 1.54) is 0 Å². The van der Waals surface area contributed by atoms with Gasteiger partial charge >= 0.3 is 0 Å². The summed E-state index contributed by atoms with van der Waals surface area (Å²) < 4.78 is 6.52. The Balaban J connectivity index is 1.43. The van der Waals surface area contributed by atoms with E-state index in [4.69, 9.17) is 27.9 Å². The number of hydrogen-bond acceptors (Lipinski definition) is 5. The number of nitrogens with zero attached hydrogens (tertiary/aromatic N) is 2. The van der Waals surface area contributed by atoms with Crippen molar-refractivity contribution >= 4 is 46.6 Å². The van der Waals surface area contributed by atoms with Crippen LogP contribution in [-0.4, -0.2) is 77.5 Å². The number of fused-ring (bicyclic) bond motifs is 1. The van der Waals surface area contributed by atoms with Gasteiger partial charge in [-0.25, -0.2) is 0 Å². The van der Waals surface area contributed by atoms with E-state index < -0.39 is 29.6 Å². The molecule has 3 fully saturated rings. The molecule has 4 aliphatic rings. The van der Waals surface area contributed by atoms with Crippen LogP contribution in [0.1, 0.15) is 59.8 Å². The molecule has 3 aliphatic heterocycles. The largest absolute Gasteiger partial charge is 0.359 e. The molecule has 0 unspecified atom stereocenters. The van der Waals surface area contributed by atoms with E-state index in [2.05, 4.69) is 43.2 Å². The van der Waals surface area contributed by atoms with E-state index in [0.717, 1.165) is 45.2 Å². The van der Waals surface area contributed by atoms with Crippen molar-refractivity contribution in [1.29, 1.82) is 0 Å². The maximum atomic E-state index is 14.3. The third-order valence-electron chi connectivity index (χ3n) is 9.83. The number of anilines is 1. The minimum atomic E-state index is -1.19.